The standard InChI is InChI=1S/C16H20BrF4NO3/c1-5-24-13(23)8-25-14(2,3)16(20,21)15(4,22)9-6-10(17)12(19)7-11(9)18/h6-7H,5,8,22H2,1-4H3. The topological polar surface area (TPSA) is 61.5 Å². The van der Waals surface area contributed by atoms with E-state index in [0.717, 1.165) is 26.8 Å². The fourth-order valence-electron chi connectivity index (χ4n) is 2.25. The Kier molecular flexibility index (Phi) is 6.63. The van der Waals surface area contributed by atoms with Gasteiger partial charge in [0.25, 0.3) is 5.92 Å². The second kappa shape index (κ2) is 7.59. The van der Waals surface area contributed by atoms with Gasteiger partial charge in [-0.25, -0.2) is 22.4 Å². The normalized spacial score (nSPS) is 15.0. The van der Waals surface area contributed by atoms with Crippen molar-refractivity contribution >= 4 is 21.9 Å². The van der Waals surface area contributed by atoms with Crippen molar-refractivity contribution < 1.29 is 31.8 Å². The first-order valence-corrected chi connectivity index (χ1v) is 8.18. The smallest absolute Gasteiger partial charge is 0.332 e. The van der Waals surface area contributed by atoms with Crippen LogP contribution in [0.15, 0.2) is 16.6 Å². The summed E-state index contributed by atoms with van der Waals surface area (Å²) in [5, 5.41) is 0. The number of carbonyl (C=O) groups excluding carboxylic acids is 1. The molecule has 0 aliphatic carbocycles. The van der Waals surface area contributed by atoms with E-state index < -0.39 is 46.8 Å². The third-order valence-corrected chi connectivity index (χ3v) is 4.44. The lowest BCUT2D eigenvalue weighted by Gasteiger charge is -2.43. The van der Waals surface area contributed by atoms with Crippen molar-refractivity contribution in [3.63, 3.8) is 0 Å². The molecule has 0 heterocycles. The highest BCUT2D eigenvalue weighted by atomic mass is 79.9. The molecule has 0 spiro atoms. The van der Waals surface area contributed by atoms with Crippen molar-refractivity contribution in [3.8, 4) is 0 Å². The summed E-state index contributed by atoms with van der Waals surface area (Å²) in [6, 6.07) is 1.33. The number of alkyl halides is 2. The second-order valence-corrected chi connectivity index (χ2v) is 6.98. The second-order valence-electron chi connectivity index (χ2n) is 6.13. The van der Waals surface area contributed by atoms with E-state index in [1.54, 1.807) is 6.92 Å². The SMILES string of the molecule is CCOC(=O)COC(C)(C)C(F)(F)C(C)(N)c1cc(Br)c(F)cc1F. The Morgan fingerprint density at radius 3 is 2.28 bits per heavy atom. The summed E-state index contributed by atoms with van der Waals surface area (Å²) in [4.78, 5) is 11.3. The summed E-state index contributed by atoms with van der Waals surface area (Å²) >= 11 is 2.82. The van der Waals surface area contributed by atoms with Gasteiger partial charge in [0, 0.05) is 11.6 Å². The van der Waals surface area contributed by atoms with Crippen LogP contribution in [-0.2, 0) is 19.8 Å². The van der Waals surface area contributed by atoms with Crippen LogP contribution in [0.5, 0.6) is 0 Å². The van der Waals surface area contributed by atoms with E-state index in [2.05, 4.69) is 20.7 Å². The molecule has 0 saturated carbocycles. The number of rotatable bonds is 7. The van der Waals surface area contributed by atoms with Crippen molar-refractivity contribution in [1.29, 1.82) is 0 Å². The Balaban J connectivity index is 3.20. The van der Waals surface area contributed by atoms with Crippen molar-refractivity contribution in [3.05, 3.63) is 33.8 Å². The van der Waals surface area contributed by atoms with E-state index in [9.17, 15) is 13.6 Å². The molecule has 0 radical (unpaired) electrons. The van der Waals surface area contributed by atoms with E-state index in [4.69, 9.17) is 10.5 Å². The molecule has 0 bridgehead atoms. The highest BCUT2D eigenvalue weighted by Gasteiger charge is 2.60. The molecule has 1 rings (SSSR count). The molecule has 1 aromatic carbocycles. The van der Waals surface area contributed by atoms with Crippen LogP contribution in [0.1, 0.15) is 33.3 Å². The molecule has 0 aromatic heterocycles. The lowest BCUT2D eigenvalue weighted by Crippen LogP contribution is -2.62. The Bertz CT molecular complexity index is 651. The third-order valence-electron chi connectivity index (χ3n) is 3.83. The van der Waals surface area contributed by atoms with Crippen LogP contribution in [0, 0.1) is 11.6 Å². The zero-order valence-electron chi connectivity index (χ0n) is 14.3. The van der Waals surface area contributed by atoms with Crippen LogP contribution in [0.2, 0.25) is 0 Å². The quantitative estimate of drug-likeness (QED) is 0.405. The monoisotopic (exact) mass is 429 g/mol. The maximum atomic E-state index is 15.0. The maximum absolute atomic E-state index is 15.0. The molecule has 0 amide bonds. The summed E-state index contributed by atoms with van der Waals surface area (Å²) in [6.07, 6.45) is 0. The van der Waals surface area contributed by atoms with E-state index in [1.165, 1.54) is 0 Å². The van der Waals surface area contributed by atoms with Crippen molar-refractivity contribution in [2.45, 2.75) is 44.8 Å². The molecule has 0 fully saturated rings. The van der Waals surface area contributed by atoms with Crippen LogP contribution < -0.4 is 5.73 Å². The van der Waals surface area contributed by atoms with E-state index >= 15 is 8.78 Å². The van der Waals surface area contributed by atoms with E-state index in [-0.39, 0.29) is 11.1 Å². The highest BCUT2D eigenvalue weighted by molar-refractivity contribution is 9.10. The predicted octanol–water partition coefficient (Wildman–Crippen LogP) is 3.89. The summed E-state index contributed by atoms with van der Waals surface area (Å²) in [5.74, 6) is -6.81. The summed E-state index contributed by atoms with van der Waals surface area (Å²) in [7, 11) is 0. The van der Waals surface area contributed by atoms with Crippen LogP contribution in [0.4, 0.5) is 17.6 Å². The summed E-state index contributed by atoms with van der Waals surface area (Å²) < 4.78 is 66.9. The Hall–Kier alpha value is -1.19. The van der Waals surface area contributed by atoms with Gasteiger partial charge in [-0.3, -0.25) is 0 Å². The van der Waals surface area contributed by atoms with Crippen LogP contribution in [0.3, 0.4) is 0 Å². The Morgan fingerprint density at radius 1 is 1.20 bits per heavy atom. The van der Waals surface area contributed by atoms with Crippen molar-refractivity contribution in [1.82, 2.24) is 0 Å². The molecular weight excluding hydrogens is 410 g/mol. The molecule has 1 atom stereocenters. The van der Waals surface area contributed by atoms with Crippen molar-refractivity contribution in [2.24, 2.45) is 5.73 Å². The molecule has 2 N–H and O–H groups in total. The molecule has 25 heavy (non-hydrogen) atoms. The minimum absolute atomic E-state index is 0.0719. The molecule has 9 heteroatoms. The summed E-state index contributed by atoms with van der Waals surface area (Å²) in [5.41, 5.74) is 0.369. The zero-order chi connectivity index (χ0) is 19.6. The minimum atomic E-state index is -3.83. The zero-order valence-corrected chi connectivity index (χ0v) is 15.8. The lowest BCUT2D eigenvalue weighted by molar-refractivity contribution is -0.228. The number of nitrogens with two attached hydrogens (primary N) is 1. The Labute approximate surface area is 151 Å². The van der Waals surface area contributed by atoms with E-state index in [1.807, 2.05) is 0 Å². The predicted molar refractivity (Wildman–Crippen MR) is 87.2 cm³/mol. The van der Waals surface area contributed by atoms with Gasteiger partial charge in [-0.15, -0.1) is 0 Å². The van der Waals surface area contributed by atoms with Gasteiger partial charge in [0.1, 0.15) is 29.4 Å². The average molecular weight is 430 g/mol. The van der Waals surface area contributed by atoms with E-state index in [0.29, 0.717) is 6.07 Å². The number of carbonyl (C=O) groups is 1. The van der Waals surface area contributed by atoms with Gasteiger partial charge in [0.05, 0.1) is 11.1 Å². The Morgan fingerprint density at radius 2 is 1.76 bits per heavy atom. The molecule has 1 unspecified atom stereocenters. The number of ether oxygens (including phenoxy) is 2. The number of hydrogen-bond donors (Lipinski definition) is 1. The first-order chi connectivity index (χ1) is 11.3. The number of halogens is 5. The molecule has 4 nitrogen and oxygen atoms in total. The number of esters is 1. The minimum Gasteiger partial charge on any atom is -0.464 e. The van der Waals surface area contributed by atoms with Gasteiger partial charge in [-0.2, -0.15) is 0 Å². The van der Waals surface area contributed by atoms with Gasteiger partial charge < -0.3 is 15.2 Å². The van der Waals surface area contributed by atoms with Crippen LogP contribution >= 0.6 is 15.9 Å². The molecule has 0 aliphatic rings. The summed E-state index contributed by atoms with van der Waals surface area (Å²) in [6.45, 7) is 3.86. The largest absolute Gasteiger partial charge is 0.464 e. The first kappa shape index (κ1) is 21.9. The number of benzene rings is 1. The fraction of sp³-hybridized carbons (Fsp3) is 0.562. The molecular formula is C16H20BrF4NO3. The third kappa shape index (κ3) is 4.32. The van der Waals surface area contributed by atoms with Gasteiger partial charge in [0.2, 0.25) is 0 Å². The lowest BCUT2D eigenvalue weighted by atomic mass is 9.78. The van der Waals surface area contributed by atoms with Crippen LogP contribution in [0.25, 0.3) is 0 Å². The average Bonchev–Trinajstić information content (AvgIpc) is 2.48. The fourth-order valence-corrected chi connectivity index (χ4v) is 2.59. The number of hydrogen-bond acceptors (Lipinski definition) is 4. The van der Waals surface area contributed by atoms with Crippen LogP contribution in [-0.4, -0.2) is 30.7 Å². The molecule has 0 aliphatic heterocycles. The van der Waals surface area contributed by atoms with Gasteiger partial charge in [-0.1, -0.05) is 0 Å². The highest BCUT2D eigenvalue weighted by Crippen LogP contribution is 2.46. The first-order valence-electron chi connectivity index (χ1n) is 7.39. The van der Waals surface area contributed by atoms with Gasteiger partial charge in [-0.05, 0) is 49.7 Å². The molecule has 0 saturated heterocycles. The van der Waals surface area contributed by atoms with Gasteiger partial charge in [0.15, 0.2) is 0 Å². The molecule has 1 aromatic rings. The van der Waals surface area contributed by atoms with Crippen molar-refractivity contribution in [2.75, 3.05) is 13.2 Å². The maximum Gasteiger partial charge on any atom is 0.332 e. The van der Waals surface area contributed by atoms with Gasteiger partial charge >= 0.3 is 5.97 Å². The molecule has 142 valence electrons.